The normalized spacial score (nSPS) is 9.88. The number of rotatable bonds is 4. The summed E-state index contributed by atoms with van der Waals surface area (Å²) in [6.07, 6.45) is 0. The van der Waals surface area contributed by atoms with Gasteiger partial charge in [-0.2, -0.15) is 0 Å². The molecule has 0 bridgehead atoms. The first-order chi connectivity index (χ1) is 8.25. The summed E-state index contributed by atoms with van der Waals surface area (Å²) >= 11 is 0. The predicted octanol–water partition coefficient (Wildman–Crippen LogP) is 2.40. The molecule has 0 heterocycles. The van der Waals surface area contributed by atoms with Gasteiger partial charge in [0.05, 0.1) is 0 Å². The second kappa shape index (κ2) is 5.16. The van der Waals surface area contributed by atoms with Crippen LogP contribution in [0.15, 0.2) is 54.6 Å². The van der Waals surface area contributed by atoms with Crippen LogP contribution in [0.5, 0.6) is 0 Å². The second-order valence-corrected chi connectivity index (χ2v) is 3.78. The first-order valence-corrected chi connectivity index (χ1v) is 5.43. The third kappa shape index (κ3) is 3.08. The van der Waals surface area contributed by atoms with Crippen molar-refractivity contribution in [3.8, 4) is 0 Å². The van der Waals surface area contributed by atoms with E-state index in [0.717, 1.165) is 17.8 Å². The van der Waals surface area contributed by atoms with Gasteiger partial charge in [0.15, 0.2) is 0 Å². The molecule has 0 saturated carbocycles. The number of primary amides is 1. The average Bonchev–Trinajstić information content (AvgIpc) is 2.38. The Labute approximate surface area is 100 Å². The molecule has 2 aromatic rings. The third-order valence-electron chi connectivity index (χ3n) is 2.51. The van der Waals surface area contributed by atoms with E-state index in [1.807, 2.05) is 42.5 Å². The van der Waals surface area contributed by atoms with Gasteiger partial charge in [0, 0.05) is 17.8 Å². The molecule has 0 spiro atoms. The summed E-state index contributed by atoms with van der Waals surface area (Å²) in [6.45, 7) is 0.725. The Bertz CT molecular complexity index is 491. The van der Waals surface area contributed by atoms with E-state index >= 15 is 0 Å². The number of hydrogen-bond donors (Lipinski definition) is 2. The van der Waals surface area contributed by atoms with Crippen molar-refractivity contribution in [3.05, 3.63) is 65.7 Å². The Morgan fingerprint density at radius 2 is 1.65 bits per heavy atom. The SMILES string of the molecule is NC(=O)c1ccc(CNc2ccccc2)cc1. The van der Waals surface area contributed by atoms with Gasteiger partial charge in [-0.25, -0.2) is 0 Å². The van der Waals surface area contributed by atoms with Crippen LogP contribution in [0.2, 0.25) is 0 Å². The number of carbonyl (C=O) groups is 1. The third-order valence-corrected chi connectivity index (χ3v) is 2.51. The minimum absolute atomic E-state index is 0.396. The van der Waals surface area contributed by atoms with Crippen LogP contribution in [0.25, 0.3) is 0 Å². The zero-order chi connectivity index (χ0) is 12.1. The van der Waals surface area contributed by atoms with Gasteiger partial charge < -0.3 is 11.1 Å². The molecule has 2 rings (SSSR count). The lowest BCUT2D eigenvalue weighted by Gasteiger charge is -2.06. The van der Waals surface area contributed by atoms with Crippen molar-refractivity contribution in [2.75, 3.05) is 5.32 Å². The molecule has 0 aliphatic carbocycles. The van der Waals surface area contributed by atoms with Crippen molar-refractivity contribution >= 4 is 11.6 Å². The van der Waals surface area contributed by atoms with Gasteiger partial charge >= 0.3 is 0 Å². The van der Waals surface area contributed by atoms with Gasteiger partial charge in [0.2, 0.25) is 5.91 Å². The highest BCUT2D eigenvalue weighted by Gasteiger charge is 1.99. The van der Waals surface area contributed by atoms with Crippen LogP contribution in [0.3, 0.4) is 0 Å². The first kappa shape index (κ1) is 11.2. The molecule has 86 valence electrons. The van der Waals surface area contributed by atoms with Crippen LogP contribution >= 0.6 is 0 Å². The van der Waals surface area contributed by atoms with E-state index in [0.29, 0.717) is 5.56 Å². The number of amides is 1. The van der Waals surface area contributed by atoms with Gasteiger partial charge in [-0.1, -0.05) is 30.3 Å². The lowest BCUT2D eigenvalue weighted by Crippen LogP contribution is -2.10. The summed E-state index contributed by atoms with van der Waals surface area (Å²) in [5.74, 6) is -0.396. The molecule has 0 aromatic heterocycles. The van der Waals surface area contributed by atoms with E-state index in [1.54, 1.807) is 12.1 Å². The summed E-state index contributed by atoms with van der Waals surface area (Å²) in [5.41, 5.74) is 7.90. The van der Waals surface area contributed by atoms with Crippen LogP contribution in [0.1, 0.15) is 15.9 Å². The molecule has 1 amide bonds. The van der Waals surface area contributed by atoms with Gasteiger partial charge in [-0.15, -0.1) is 0 Å². The standard InChI is InChI=1S/C14H14N2O/c15-14(17)12-8-6-11(7-9-12)10-16-13-4-2-1-3-5-13/h1-9,16H,10H2,(H2,15,17). The second-order valence-electron chi connectivity index (χ2n) is 3.78. The Hall–Kier alpha value is -2.29. The zero-order valence-corrected chi connectivity index (χ0v) is 9.39. The van der Waals surface area contributed by atoms with E-state index in [-0.39, 0.29) is 0 Å². The quantitative estimate of drug-likeness (QED) is 0.841. The van der Waals surface area contributed by atoms with Gasteiger partial charge in [-0.3, -0.25) is 4.79 Å². The molecule has 0 atom stereocenters. The summed E-state index contributed by atoms with van der Waals surface area (Å²) in [7, 11) is 0. The van der Waals surface area contributed by atoms with Crippen molar-refractivity contribution < 1.29 is 4.79 Å². The number of para-hydroxylation sites is 1. The van der Waals surface area contributed by atoms with Crippen LogP contribution in [-0.4, -0.2) is 5.91 Å². The Balaban J connectivity index is 1.98. The topological polar surface area (TPSA) is 55.1 Å². The highest BCUT2D eigenvalue weighted by atomic mass is 16.1. The minimum Gasteiger partial charge on any atom is -0.381 e. The van der Waals surface area contributed by atoms with Crippen molar-refractivity contribution in [1.29, 1.82) is 0 Å². The molecule has 0 aliphatic heterocycles. The number of nitrogens with one attached hydrogen (secondary N) is 1. The number of nitrogens with two attached hydrogens (primary N) is 1. The van der Waals surface area contributed by atoms with Crippen LogP contribution < -0.4 is 11.1 Å². The maximum atomic E-state index is 10.9. The van der Waals surface area contributed by atoms with E-state index in [2.05, 4.69) is 5.32 Å². The summed E-state index contributed by atoms with van der Waals surface area (Å²) in [4.78, 5) is 10.9. The van der Waals surface area contributed by atoms with Gasteiger partial charge in [0.1, 0.15) is 0 Å². The molecule has 0 fully saturated rings. The number of benzene rings is 2. The van der Waals surface area contributed by atoms with E-state index < -0.39 is 5.91 Å². The van der Waals surface area contributed by atoms with E-state index in [1.165, 1.54) is 0 Å². The Morgan fingerprint density at radius 3 is 2.24 bits per heavy atom. The molecule has 0 radical (unpaired) electrons. The smallest absolute Gasteiger partial charge is 0.248 e. The zero-order valence-electron chi connectivity index (χ0n) is 9.39. The molecule has 0 aliphatic rings. The predicted molar refractivity (Wildman–Crippen MR) is 68.7 cm³/mol. The van der Waals surface area contributed by atoms with E-state index in [4.69, 9.17) is 5.73 Å². The molecule has 3 heteroatoms. The number of hydrogen-bond acceptors (Lipinski definition) is 2. The van der Waals surface area contributed by atoms with Gasteiger partial charge in [-0.05, 0) is 29.8 Å². The van der Waals surface area contributed by atoms with Gasteiger partial charge in [0.25, 0.3) is 0 Å². The molecule has 2 aromatic carbocycles. The van der Waals surface area contributed by atoms with Crippen molar-refractivity contribution in [2.24, 2.45) is 5.73 Å². The van der Waals surface area contributed by atoms with Crippen LogP contribution in [0, 0.1) is 0 Å². The fourth-order valence-corrected chi connectivity index (χ4v) is 1.55. The summed E-state index contributed by atoms with van der Waals surface area (Å²) < 4.78 is 0. The van der Waals surface area contributed by atoms with Crippen molar-refractivity contribution in [1.82, 2.24) is 0 Å². The highest BCUT2D eigenvalue weighted by Crippen LogP contribution is 2.09. The molecule has 3 N–H and O–H groups in total. The molecular weight excluding hydrogens is 212 g/mol. The molecule has 0 saturated heterocycles. The Kier molecular flexibility index (Phi) is 3.40. The molecular formula is C14H14N2O. The molecule has 3 nitrogen and oxygen atoms in total. The maximum absolute atomic E-state index is 10.9. The minimum atomic E-state index is -0.396. The van der Waals surface area contributed by atoms with E-state index in [9.17, 15) is 4.79 Å². The largest absolute Gasteiger partial charge is 0.381 e. The Morgan fingerprint density at radius 1 is 1.00 bits per heavy atom. The average molecular weight is 226 g/mol. The molecule has 0 unspecified atom stereocenters. The fraction of sp³-hybridized carbons (Fsp3) is 0.0714. The highest BCUT2D eigenvalue weighted by molar-refractivity contribution is 5.92. The molecule has 17 heavy (non-hydrogen) atoms. The monoisotopic (exact) mass is 226 g/mol. The van der Waals surface area contributed by atoms with Crippen molar-refractivity contribution in [2.45, 2.75) is 6.54 Å². The fourth-order valence-electron chi connectivity index (χ4n) is 1.55. The lowest BCUT2D eigenvalue weighted by molar-refractivity contribution is 0.100. The van der Waals surface area contributed by atoms with Crippen LogP contribution in [0.4, 0.5) is 5.69 Å². The summed E-state index contributed by atoms with van der Waals surface area (Å²) in [5, 5.41) is 3.29. The maximum Gasteiger partial charge on any atom is 0.248 e. The van der Waals surface area contributed by atoms with Crippen LogP contribution in [-0.2, 0) is 6.54 Å². The lowest BCUT2D eigenvalue weighted by atomic mass is 10.1. The summed E-state index contributed by atoms with van der Waals surface area (Å²) in [6, 6.07) is 17.3. The number of carbonyl (C=O) groups excluding carboxylic acids is 1. The van der Waals surface area contributed by atoms with Crippen molar-refractivity contribution in [3.63, 3.8) is 0 Å². The first-order valence-electron chi connectivity index (χ1n) is 5.43. The number of anilines is 1.